The highest BCUT2D eigenvalue weighted by molar-refractivity contribution is 6.30. The summed E-state index contributed by atoms with van der Waals surface area (Å²) >= 11 is 5.67. The first-order valence-electron chi connectivity index (χ1n) is 5.85. The molecule has 92 valence electrons. The maximum atomic E-state index is 13.5. The molecule has 1 aromatic carbocycles. The van der Waals surface area contributed by atoms with Gasteiger partial charge in [0.25, 0.3) is 0 Å². The van der Waals surface area contributed by atoms with Crippen molar-refractivity contribution in [3.05, 3.63) is 34.6 Å². The molecule has 0 heterocycles. The second kappa shape index (κ2) is 5.61. The minimum atomic E-state index is -0.405. The summed E-state index contributed by atoms with van der Waals surface area (Å²) in [6, 6.07) is 5.41. The molecule has 0 saturated heterocycles. The standard InChI is InChI=1S/C13H15ClFNO/c14-12-3-1-2-9(13(12)15)4-7-11(17)8-16-10-5-6-10/h1-3,10,16H,4-8H2. The molecule has 2 nitrogen and oxygen atoms in total. The molecule has 2 rings (SSSR count). The Morgan fingerprint density at radius 2 is 2.24 bits per heavy atom. The van der Waals surface area contributed by atoms with Crippen LogP contribution in [0.1, 0.15) is 24.8 Å². The van der Waals surface area contributed by atoms with Gasteiger partial charge in [0.2, 0.25) is 0 Å². The lowest BCUT2D eigenvalue weighted by atomic mass is 10.1. The zero-order chi connectivity index (χ0) is 12.3. The summed E-state index contributed by atoms with van der Waals surface area (Å²) in [6.45, 7) is 0.396. The third-order valence-corrected chi connectivity index (χ3v) is 3.16. The van der Waals surface area contributed by atoms with E-state index in [4.69, 9.17) is 11.6 Å². The molecule has 0 amide bonds. The second-order valence-corrected chi connectivity index (χ2v) is 4.81. The average Bonchev–Trinajstić information content (AvgIpc) is 3.12. The Morgan fingerprint density at radius 1 is 1.47 bits per heavy atom. The van der Waals surface area contributed by atoms with Gasteiger partial charge in [-0.05, 0) is 30.9 Å². The van der Waals surface area contributed by atoms with Crippen LogP contribution in [0.15, 0.2) is 18.2 Å². The number of halogens is 2. The topological polar surface area (TPSA) is 29.1 Å². The zero-order valence-electron chi connectivity index (χ0n) is 9.51. The number of nitrogens with one attached hydrogen (secondary N) is 1. The molecule has 17 heavy (non-hydrogen) atoms. The fraction of sp³-hybridized carbons (Fsp3) is 0.462. The summed E-state index contributed by atoms with van der Waals surface area (Å²) in [7, 11) is 0. The van der Waals surface area contributed by atoms with Gasteiger partial charge in [-0.1, -0.05) is 23.7 Å². The summed E-state index contributed by atoms with van der Waals surface area (Å²) in [4.78, 5) is 11.5. The molecular weight excluding hydrogens is 241 g/mol. The van der Waals surface area contributed by atoms with Crippen LogP contribution in [0, 0.1) is 5.82 Å². The Balaban J connectivity index is 1.79. The number of carbonyl (C=O) groups is 1. The number of hydrogen-bond donors (Lipinski definition) is 1. The van der Waals surface area contributed by atoms with Crippen LogP contribution < -0.4 is 5.32 Å². The molecule has 1 aromatic rings. The Labute approximate surface area is 105 Å². The highest BCUT2D eigenvalue weighted by Gasteiger charge is 2.21. The van der Waals surface area contributed by atoms with Crippen molar-refractivity contribution in [1.29, 1.82) is 0 Å². The minimum Gasteiger partial charge on any atom is -0.307 e. The minimum absolute atomic E-state index is 0.117. The van der Waals surface area contributed by atoms with Crippen LogP contribution in [0.5, 0.6) is 0 Å². The zero-order valence-corrected chi connectivity index (χ0v) is 10.3. The smallest absolute Gasteiger partial charge is 0.146 e. The van der Waals surface area contributed by atoms with E-state index in [0.29, 0.717) is 31.0 Å². The number of Topliss-reactive ketones (excluding diaryl/α,β-unsaturated/α-hetero) is 1. The normalized spacial score (nSPS) is 14.9. The van der Waals surface area contributed by atoms with E-state index in [1.807, 2.05) is 0 Å². The molecule has 1 saturated carbocycles. The van der Waals surface area contributed by atoms with Gasteiger partial charge in [0.15, 0.2) is 0 Å². The van der Waals surface area contributed by atoms with Crippen molar-refractivity contribution < 1.29 is 9.18 Å². The number of rotatable bonds is 6. The highest BCUT2D eigenvalue weighted by atomic mass is 35.5. The molecule has 0 aliphatic heterocycles. The van der Waals surface area contributed by atoms with Crippen molar-refractivity contribution in [2.45, 2.75) is 31.7 Å². The van der Waals surface area contributed by atoms with Gasteiger partial charge in [0.1, 0.15) is 11.6 Å². The molecule has 1 aliphatic carbocycles. The third-order valence-electron chi connectivity index (χ3n) is 2.87. The first kappa shape index (κ1) is 12.5. The number of benzene rings is 1. The predicted octanol–water partition coefficient (Wildman–Crippen LogP) is 2.73. The monoisotopic (exact) mass is 255 g/mol. The maximum Gasteiger partial charge on any atom is 0.146 e. The van der Waals surface area contributed by atoms with Gasteiger partial charge in [-0.3, -0.25) is 4.79 Å². The summed E-state index contributed by atoms with van der Waals surface area (Å²) in [5.74, 6) is -0.284. The van der Waals surface area contributed by atoms with Crippen molar-refractivity contribution in [3.8, 4) is 0 Å². The largest absolute Gasteiger partial charge is 0.307 e. The maximum absolute atomic E-state index is 13.5. The number of aryl methyl sites for hydroxylation is 1. The predicted molar refractivity (Wildman–Crippen MR) is 65.8 cm³/mol. The molecular formula is C13H15ClFNO. The lowest BCUT2D eigenvalue weighted by Gasteiger charge is -2.05. The summed E-state index contributed by atoms with van der Waals surface area (Å²) in [6.07, 6.45) is 3.10. The van der Waals surface area contributed by atoms with Crippen molar-refractivity contribution in [1.82, 2.24) is 5.32 Å². The van der Waals surface area contributed by atoms with E-state index >= 15 is 0 Å². The number of hydrogen-bond acceptors (Lipinski definition) is 2. The molecule has 0 unspecified atom stereocenters. The van der Waals surface area contributed by atoms with E-state index in [9.17, 15) is 9.18 Å². The summed E-state index contributed by atoms with van der Waals surface area (Å²) < 4.78 is 13.5. The lowest BCUT2D eigenvalue weighted by molar-refractivity contribution is -0.118. The Kier molecular flexibility index (Phi) is 4.13. The fourth-order valence-corrected chi connectivity index (χ4v) is 1.84. The molecule has 1 N–H and O–H groups in total. The molecule has 1 aliphatic rings. The quantitative estimate of drug-likeness (QED) is 0.847. The van der Waals surface area contributed by atoms with Gasteiger partial charge in [0.05, 0.1) is 11.6 Å². The Morgan fingerprint density at radius 3 is 2.94 bits per heavy atom. The SMILES string of the molecule is O=C(CCc1cccc(Cl)c1F)CNC1CC1. The van der Waals surface area contributed by atoms with Crippen molar-refractivity contribution >= 4 is 17.4 Å². The van der Waals surface area contributed by atoms with Crippen LogP contribution in [0.4, 0.5) is 4.39 Å². The van der Waals surface area contributed by atoms with Crippen LogP contribution in [0.2, 0.25) is 5.02 Å². The molecule has 1 fully saturated rings. The molecule has 0 aromatic heterocycles. The summed E-state index contributed by atoms with van der Waals surface area (Å²) in [5, 5.41) is 3.27. The van der Waals surface area contributed by atoms with Crippen molar-refractivity contribution in [2.24, 2.45) is 0 Å². The van der Waals surface area contributed by atoms with Crippen LogP contribution in [0.3, 0.4) is 0 Å². The first-order chi connectivity index (χ1) is 8.16. The number of carbonyl (C=O) groups excluding carboxylic acids is 1. The van der Waals surface area contributed by atoms with Crippen LogP contribution in [-0.4, -0.2) is 18.4 Å². The van der Waals surface area contributed by atoms with E-state index in [1.54, 1.807) is 12.1 Å². The molecule has 0 spiro atoms. The fourth-order valence-electron chi connectivity index (χ4n) is 1.65. The lowest BCUT2D eigenvalue weighted by Crippen LogP contribution is -2.25. The third kappa shape index (κ3) is 3.79. The Bertz CT molecular complexity index is 418. The molecule has 4 heteroatoms. The van der Waals surface area contributed by atoms with Crippen molar-refractivity contribution in [3.63, 3.8) is 0 Å². The van der Waals surface area contributed by atoms with Crippen LogP contribution >= 0.6 is 11.6 Å². The van der Waals surface area contributed by atoms with Crippen LogP contribution in [-0.2, 0) is 11.2 Å². The van der Waals surface area contributed by atoms with Gasteiger partial charge in [-0.25, -0.2) is 4.39 Å². The van der Waals surface area contributed by atoms with E-state index in [2.05, 4.69) is 5.32 Å². The highest BCUT2D eigenvalue weighted by Crippen LogP contribution is 2.20. The molecule has 0 atom stereocenters. The van der Waals surface area contributed by atoms with Gasteiger partial charge in [-0.2, -0.15) is 0 Å². The van der Waals surface area contributed by atoms with E-state index in [0.717, 1.165) is 12.8 Å². The first-order valence-corrected chi connectivity index (χ1v) is 6.22. The second-order valence-electron chi connectivity index (χ2n) is 4.41. The van der Waals surface area contributed by atoms with Gasteiger partial charge < -0.3 is 5.32 Å². The van der Waals surface area contributed by atoms with E-state index < -0.39 is 5.82 Å². The average molecular weight is 256 g/mol. The Hall–Kier alpha value is -0.930. The van der Waals surface area contributed by atoms with Gasteiger partial charge in [0, 0.05) is 12.5 Å². The number of ketones is 1. The summed E-state index contributed by atoms with van der Waals surface area (Å²) in [5.41, 5.74) is 0.511. The van der Waals surface area contributed by atoms with Gasteiger partial charge in [-0.15, -0.1) is 0 Å². The van der Waals surface area contributed by atoms with E-state index in [-0.39, 0.29) is 10.8 Å². The van der Waals surface area contributed by atoms with Gasteiger partial charge >= 0.3 is 0 Å². The van der Waals surface area contributed by atoms with E-state index in [1.165, 1.54) is 6.07 Å². The van der Waals surface area contributed by atoms with Crippen molar-refractivity contribution in [2.75, 3.05) is 6.54 Å². The molecule has 0 bridgehead atoms. The molecule has 0 radical (unpaired) electrons. The van der Waals surface area contributed by atoms with Crippen LogP contribution in [0.25, 0.3) is 0 Å².